The Morgan fingerprint density at radius 3 is 2.65 bits per heavy atom. The van der Waals surface area contributed by atoms with Crippen LogP contribution in [-0.4, -0.2) is 11.0 Å². The van der Waals surface area contributed by atoms with E-state index < -0.39 is 0 Å². The van der Waals surface area contributed by atoms with Gasteiger partial charge in [0.25, 0.3) is 0 Å². The van der Waals surface area contributed by atoms with Crippen molar-refractivity contribution in [3.8, 4) is 10.6 Å². The molecule has 0 saturated carbocycles. The molecule has 0 fully saturated rings. The SMILES string of the molecule is CC(C)NCc1csc(-c2ccc(F)cc2)n1. The summed E-state index contributed by atoms with van der Waals surface area (Å²) < 4.78 is 12.8. The van der Waals surface area contributed by atoms with Crippen molar-refractivity contribution in [1.82, 2.24) is 10.3 Å². The summed E-state index contributed by atoms with van der Waals surface area (Å²) in [5, 5.41) is 6.29. The van der Waals surface area contributed by atoms with Crippen molar-refractivity contribution >= 4 is 11.3 Å². The molecule has 0 saturated heterocycles. The summed E-state index contributed by atoms with van der Waals surface area (Å²) in [6.07, 6.45) is 0. The van der Waals surface area contributed by atoms with Crippen LogP contribution in [0.15, 0.2) is 29.6 Å². The van der Waals surface area contributed by atoms with E-state index in [1.165, 1.54) is 12.1 Å². The molecule has 17 heavy (non-hydrogen) atoms. The van der Waals surface area contributed by atoms with Crippen molar-refractivity contribution in [3.63, 3.8) is 0 Å². The smallest absolute Gasteiger partial charge is 0.123 e. The van der Waals surface area contributed by atoms with Crippen molar-refractivity contribution < 1.29 is 4.39 Å². The minimum atomic E-state index is -0.216. The second-order valence-corrected chi connectivity index (χ2v) is 5.04. The molecule has 1 N–H and O–H groups in total. The van der Waals surface area contributed by atoms with Gasteiger partial charge in [-0.1, -0.05) is 13.8 Å². The number of benzene rings is 1. The summed E-state index contributed by atoms with van der Waals surface area (Å²) in [6, 6.07) is 6.89. The normalized spacial score (nSPS) is 11.1. The highest BCUT2D eigenvalue weighted by atomic mass is 32.1. The van der Waals surface area contributed by atoms with E-state index in [2.05, 4.69) is 24.1 Å². The van der Waals surface area contributed by atoms with Gasteiger partial charge in [-0.25, -0.2) is 9.37 Å². The van der Waals surface area contributed by atoms with E-state index in [0.717, 1.165) is 22.8 Å². The molecule has 0 spiro atoms. The highest BCUT2D eigenvalue weighted by Crippen LogP contribution is 2.23. The van der Waals surface area contributed by atoms with Crippen LogP contribution in [0.25, 0.3) is 10.6 Å². The minimum Gasteiger partial charge on any atom is -0.309 e. The number of halogens is 1. The first kappa shape index (κ1) is 12.2. The van der Waals surface area contributed by atoms with Gasteiger partial charge in [0.15, 0.2) is 0 Å². The van der Waals surface area contributed by atoms with Gasteiger partial charge >= 0.3 is 0 Å². The van der Waals surface area contributed by atoms with Crippen molar-refractivity contribution in [2.75, 3.05) is 0 Å². The molecule has 0 aliphatic heterocycles. The van der Waals surface area contributed by atoms with Gasteiger partial charge < -0.3 is 5.32 Å². The zero-order chi connectivity index (χ0) is 12.3. The molecule has 0 radical (unpaired) electrons. The van der Waals surface area contributed by atoms with Crippen LogP contribution >= 0.6 is 11.3 Å². The predicted octanol–water partition coefficient (Wildman–Crippen LogP) is 3.45. The lowest BCUT2D eigenvalue weighted by Gasteiger charge is -2.04. The molecule has 1 aromatic carbocycles. The van der Waals surface area contributed by atoms with Crippen LogP contribution < -0.4 is 5.32 Å². The molecule has 0 atom stereocenters. The number of aromatic nitrogens is 1. The van der Waals surface area contributed by atoms with E-state index >= 15 is 0 Å². The summed E-state index contributed by atoms with van der Waals surface area (Å²) in [5.74, 6) is -0.216. The molecule has 4 heteroatoms. The highest BCUT2D eigenvalue weighted by molar-refractivity contribution is 7.13. The summed E-state index contributed by atoms with van der Waals surface area (Å²) >= 11 is 1.59. The van der Waals surface area contributed by atoms with Crippen molar-refractivity contribution in [3.05, 3.63) is 41.2 Å². The van der Waals surface area contributed by atoms with Gasteiger partial charge in [-0.05, 0) is 24.3 Å². The largest absolute Gasteiger partial charge is 0.309 e. The second-order valence-electron chi connectivity index (χ2n) is 4.19. The molecular formula is C13H15FN2S. The molecule has 2 aromatic rings. The second kappa shape index (κ2) is 5.38. The van der Waals surface area contributed by atoms with Crippen LogP contribution in [0, 0.1) is 5.82 Å². The van der Waals surface area contributed by atoms with Crippen LogP contribution in [0.1, 0.15) is 19.5 Å². The van der Waals surface area contributed by atoms with E-state index in [9.17, 15) is 4.39 Å². The van der Waals surface area contributed by atoms with Gasteiger partial charge in [-0.2, -0.15) is 0 Å². The Balaban J connectivity index is 2.10. The van der Waals surface area contributed by atoms with Crippen molar-refractivity contribution in [2.24, 2.45) is 0 Å². The molecular weight excluding hydrogens is 235 g/mol. The molecule has 0 bridgehead atoms. The quantitative estimate of drug-likeness (QED) is 0.899. The fourth-order valence-corrected chi connectivity index (χ4v) is 2.25. The van der Waals surface area contributed by atoms with Crippen LogP contribution in [0.3, 0.4) is 0 Å². The predicted molar refractivity (Wildman–Crippen MR) is 69.5 cm³/mol. The first-order valence-corrected chi connectivity index (χ1v) is 6.47. The van der Waals surface area contributed by atoms with E-state index in [-0.39, 0.29) is 5.82 Å². The van der Waals surface area contributed by atoms with Gasteiger partial charge in [0.2, 0.25) is 0 Å². The molecule has 0 aliphatic rings. The van der Waals surface area contributed by atoms with Gasteiger partial charge in [-0.3, -0.25) is 0 Å². The fraction of sp³-hybridized carbons (Fsp3) is 0.308. The van der Waals surface area contributed by atoms with Gasteiger partial charge in [0, 0.05) is 23.5 Å². The molecule has 2 rings (SSSR count). The molecule has 0 aliphatic carbocycles. The first-order valence-electron chi connectivity index (χ1n) is 5.59. The fourth-order valence-electron chi connectivity index (χ4n) is 1.42. The van der Waals surface area contributed by atoms with Crippen molar-refractivity contribution in [2.45, 2.75) is 26.4 Å². The Morgan fingerprint density at radius 1 is 1.29 bits per heavy atom. The van der Waals surface area contributed by atoms with E-state index in [1.807, 2.05) is 5.38 Å². The molecule has 0 unspecified atom stereocenters. The Kier molecular flexibility index (Phi) is 3.86. The van der Waals surface area contributed by atoms with Gasteiger partial charge in [0.05, 0.1) is 5.69 Å². The third kappa shape index (κ3) is 3.35. The monoisotopic (exact) mass is 250 g/mol. The lowest BCUT2D eigenvalue weighted by Crippen LogP contribution is -2.21. The molecule has 1 heterocycles. The Hall–Kier alpha value is -1.26. The molecule has 0 amide bonds. The number of nitrogens with one attached hydrogen (secondary N) is 1. The van der Waals surface area contributed by atoms with Gasteiger partial charge in [0.1, 0.15) is 10.8 Å². The van der Waals surface area contributed by atoms with Crippen LogP contribution in [0.2, 0.25) is 0 Å². The first-order chi connectivity index (χ1) is 8.15. The Bertz CT molecular complexity index is 476. The Morgan fingerprint density at radius 2 is 2.00 bits per heavy atom. The zero-order valence-corrected chi connectivity index (χ0v) is 10.7. The lowest BCUT2D eigenvalue weighted by molar-refractivity contribution is 0.583. The van der Waals surface area contributed by atoms with Crippen LogP contribution in [0.5, 0.6) is 0 Å². The average molecular weight is 250 g/mol. The van der Waals surface area contributed by atoms with Gasteiger partial charge in [-0.15, -0.1) is 11.3 Å². The third-order valence-electron chi connectivity index (χ3n) is 2.33. The minimum absolute atomic E-state index is 0.216. The number of rotatable bonds is 4. The highest BCUT2D eigenvalue weighted by Gasteiger charge is 2.05. The van der Waals surface area contributed by atoms with E-state index in [4.69, 9.17) is 0 Å². The summed E-state index contributed by atoms with van der Waals surface area (Å²) in [7, 11) is 0. The third-order valence-corrected chi connectivity index (χ3v) is 3.27. The van der Waals surface area contributed by atoms with Crippen LogP contribution in [0.4, 0.5) is 4.39 Å². The molecule has 1 aromatic heterocycles. The standard InChI is InChI=1S/C13H15FN2S/c1-9(2)15-7-12-8-17-13(16-12)10-3-5-11(14)6-4-10/h3-6,8-9,15H,7H2,1-2H3. The number of nitrogens with zero attached hydrogens (tertiary/aromatic N) is 1. The van der Waals surface area contributed by atoms with E-state index in [0.29, 0.717) is 6.04 Å². The Labute approximate surface area is 105 Å². The molecule has 90 valence electrons. The zero-order valence-electron chi connectivity index (χ0n) is 9.90. The number of thiazole rings is 1. The lowest BCUT2D eigenvalue weighted by atomic mass is 10.2. The maximum atomic E-state index is 12.8. The topological polar surface area (TPSA) is 24.9 Å². The molecule has 2 nitrogen and oxygen atoms in total. The average Bonchev–Trinajstić information content (AvgIpc) is 2.76. The number of hydrogen-bond acceptors (Lipinski definition) is 3. The van der Waals surface area contributed by atoms with Crippen LogP contribution in [-0.2, 0) is 6.54 Å². The van der Waals surface area contributed by atoms with Crippen molar-refractivity contribution in [1.29, 1.82) is 0 Å². The summed E-state index contributed by atoms with van der Waals surface area (Å²) in [5.41, 5.74) is 2.00. The number of hydrogen-bond donors (Lipinski definition) is 1. The maximum Gasteiger partial charge on any atom is 0.123 e. The summed E-state index contributed by atoms with van der Waals surface area (Å²) in [4.78, 5) is 4.52. The summed E-state index contributed by atoms with van der Waals surface area (Å²) in [6.45, 7) is 4.98. The maximum absolute atomic E-state index is 12.8. The van der Waals surface area contributed by atoms with E-state index in [1.54, 1.807) is 23.5 Å².